The summed E-state index contributed by atoms with van der Waals surface area (Å²) >= 11 is 5.84. The number of amides is 2. The first-order valence-electron chi connectivity index (χ1n) is 7.50. The molecule has 5 heteroatoms. The number of hydrogen-bond donors (Lipinski definition) is 2. The second-order valence-corrected chi connectivity index (χ2v) is 5.69. The van der Waals surface area contributed by atoms with E-state index in [1.165, 1.54) is 0 Å². The molecule has 0 saturated heterocycles. The fourth-order valence-corrected chi connectivity index (χ4v) is 2.37. The van der Waals surface area contributed by atoms with Crippen LogP contribution < -0.4 is 10.6 Å². The summed E-state index contributed by atoms with van der Waals surface area (Å²) in [7, 11) is 0. The SMILES string of the molecule is O=C(NCc1ccc(Cl)cc1)Nc1ccc(-c2cccnc2)cc1. The maximum absolute atomic E-state index is 11.9. The standard InChI is InChI=1S/C19H16ClN3O/c20-17-7-3-14(4-8-17)12-22-19(24)23-18-9-5-15(6-10-18)16-2-1-11-21-13-16/h1-11,13H,12H2,(H2,22,23,24). The summed E-state index contributed by atoms with van der Waals surface area (Å²) in [4.78, 5) is 16.1. The third kappa shape index (κ3) is 4.33. The Labute approximate surface area is 145 Å². The molecule has 3 aromatic rings. The Morgan fingerprint density at radius 2 is 1.71 bits per heavy atom. The van der Waals surface area contributed by atoms with Crippen LogP contribution in [-0.4, -0.2) is 11.0 Å². The molecule has 0 radical (unpaired) electrons. The molecule has 0 aliphatic rings. The molecule has 0 unspecified atom stereocenters. The van der Waals surface area contributed by atoms with E-state index in [-0.39, 0.29) is 6.03 Å². The van der Waals surface area contributed by atoms with E-state index in [0.717, 1.165) is 22.4 Å². The van der Waals surface area contributed by atoms with Crippen LogP contribution in [0.4, 0.5) is 10.5 Å². The number of anilines is 1. The monoisotopic (exact) mass is 337 g/mol. The van der Waals surface area contributed by atoms with Crippen LogP contribution in [0.1, 0.15) is 5.56 Å². The number of hydrogen-bond acceptors (Lipinski definition) is 2. The normalized spacial score (nSPS) is 10.2. The first-order valence-corrected chi connectivity index (χ1v) is 7.88. The summed E-state index contributed by atoms with van der Waals surface area (Å²) in [6.45, 7) is 0.441. The van der Waals surface area contributed by atoms with Gasteiger partial charge in [0.2, 0.25) is 0 Å². The van der Waals surface area contributed by atoms with Gasteiger partial charge < -0.3 is 10.6 Å². The van der Waals surface area contributed by atoms with Gasteiger partial charge in [-0.3, -0.25) is 4.98 Å². The van der Waals surface area contributed by atoms with Crippen LogP contribution in [0, 0.1) is 0 Å². The maximum atomic E-state index is 11.9. The highest BCUT2D eigenvalue weighted by molar-refractivity contribution is 6.30. The number of aromatic nitrogens is 1. The van der Waals surface area contributed by atoms with E-state index in [2.05, 4.69) is 15.6 Å². The summed E-state index contributed by atoms with van der Waals surface area (Å²) in [5.41, 5.74) is 3.81. The van der Waals surface area contributed by atoms with Gasteiger partial charge in [0.05, 0.1) is 0 Å². The highest BCUT2D eigenvalue weighted by atomic mass is 35.5. The van der Waals surface area contributed by atoms with Crippen LogP contribution in [0.15, 0.2) is 73.1 Å². The van der Waals surface area contributed by atoms with Gasteiger partial charge in [-0.05, 0) is 47.0 Å². The third-order valence-corrected chi connectivity index (χ3v) is 3.76. The van der Waals surface area contributed by atoms with E-state index in [1.54, 1.807) is 24.5 Å². The Morgan fingerprint density at radius 3 is 2.38 bits per heavy atom. The lowest BCUT2D eigenvalue weighted by Crippen LogP contribution is -2.28. The number of halogens is 1. The van der Waals surface area contributed by atoms with Crippen molar-refractivity contribution in [3.8, 4) is 11.1 Å². The van der Waals surface area contributed by atoms with Crippen molar-refractivity contribution in [3.05, 3.63) is 83.6 Å². The van der Waals surface area contributed by atoms with E-state index in [4.69, 9.17) is 11.6 Å². The highest BCUT2D eigenvalue weighted by Gasteiger charge is 2.03. The summed E-state index contributed by atoms with van der Waals surface area (Å²) in [5.74, 6) is 0. The summed E-state index contributed by atoms with van der Waals surface area (Å²) in [6.07, 6.45) is 3.55. The zero-order valence-corrected chi connectivity index (χ0v) is 13.6. The zero-order chi connectivity index (χ0) is 16.8. The zero-order valence-electron chi connectivity index (χ0n) is 12.9. The van der Waals surface area contributed by atoms with E-state index < -0.39 is 0 Å². The lowest BCUT2D eigenvalue weighted by Gasteiger charge is -2.09. The average Bonchev–Trinajstić information content (AvgIpc) is 2.63. The van der Waals surface area contributed by atoms with Crippen molar-refractivity contribution in [1.82, 2.24) is 10.3 Å². The minimum Gasteiger partial charge on any atom is -0.334 e. The minimum atomic E-state index is -0.251. The predicted molar refractivity (Wildman–Crippen MR) is 97.0 cm³/mol. The van der Waals surface area contributed by atoms with Gasteiger partial charge in [0.15, 0.2) is 0 Å². The molecule has 2 amide bonds. The number of rotatable bonds is 4. The molecular weight excluding hydrogens is 322 g/mol. The van der Waals surface area contributed by atoms with Gasteiger partial charge in [-0.25, -0.2) is 4.79 Å². The molecule has 2 N–H and O–H groups in total. The van der Waals surface area contributed by atoms with Crippen molar-refractivity contribution in [3.63, 3.8) is 0 Å². The largest absolute Gasteiger partial charge is 0.334 e. The average molecular weight is 338 g/mol. The van der Waals surface area contributed by atoms with Crippen LogP contribution >= 0.6 is 11.6 Å². The molecule has 0 aliphatic heterocycles. The molecule has 0 aliphatic carbocycles. The molecule has 0 spiro atoms. The molecule has 0 bridgehead atoms. The maximum Gasteiger partial charge on any atom is 0.319 e. The molecule has 3 rings (SSSR count). The van der Waals surface area contributed by atoms with Crippen LogP contribution in [0.2, 0.25) is 5.02 Å². The van der Waals surface area contributed by atoms with Crippen molar-refractivity contribution >= 4 is 23.3 Å². The Bertz CT molecular complexity index is 802. The molecule has 1 heterocycles. The molecule has 120 valence electrons. The Morgan fingerprint density at radius 1 is 0.958 bits per heavy atom. The second kappa shape index (κ2) is 7.62. The summed E-state index contributed by atoms with van der Waals surface area (Å²) in [5, 5.41) is 6.30. The van der Waals surface area contributed by atoms with Crippen LogP contribution in [0.25, 0.3) is 11.1 Å². The molecule has 0 saturated carbocycles. The van der Waals surface area contributed by atoms with Crippen molar-refractivity contribution in [1.29, 1.82) is 0 Å². The second-order valence-electron chi connectivity index (χ2n) is 5.25. The fraction of sp³-hybridized carbons (Fsp3) is 0.0526. The molecule has 2 aromatic carbocycles. The Kier molecular flexibility index (Phi) is 5.08. The highest BCUT2D eigenvalue weighted by Crippen LogP contribution is 2.20. The van der Waals surface area contributed by atoms with E-state index in [0.29, 0.717) is 11.6 Å². The Balaban J connectivity index is 1.55. The van der Waals surface area contributed by atoms with E-state index in [9.17, 15) is 4.79 Å². The van der Waals surface area contributed by atoms with Gasteiger partial charge in [0, 0.05) is 29.6 Å². The van der Waals surface area contributed by atoms with Crippen molar-refractivity contribution in [2.75, 3.05) is 5.32 Å². The number of nitrogens with one attached hydrogen (secondary N) is 2. The number of benzene rings is 2. The summed E-state index contributed by atoms with van der Waals surface area (Å²) < 4.78 is 0. The molecular formula is C19H16ClN3O. The van der Waals surface area contributed by atoms with Crippen LogP contribution in [0.5, 0.6) is 0 Å². The fourth-order valence-electron chi connectivity index (χ4n) is 2.24. The Hall–Kier alpha value is -2.85. The number of carbonyl (C=O) groups excluding carboxylic acids is 1. The first kappa shape index (κ1) is 16.0. The minimum absolute atomic E-state index is 0.251. The van der Waals surface area contributed by atoms with Crippen molar-refractivity contribution in [2.45, 2.75) is 6.54 Å². The van der Waals surface area contributed by atoms with Gasteiger partial charge in [0.25, 0.3) is 0 Å². The summed E-state index contributed by atoms with van der Waals surface area (Å²) in [6, 6.07) is 18.6. The van der Waals surface area contributed by atoms with Crippen molar-refractivity contribution in [2.24, 2.45) is 0 Å². The lowest BCUT2D eigenvalue weighted by atomic mass is 10.1. The molecule has 4 nitrogen and oxygen atoms in total. The van der Waals surface area contributed by atoms with E-state index in [1.807, 2.05) is 48.5 Å². The molecule has 0 atom stereocenters. The van der Waals surface area contributed by atoms with Crippen LogP contribution in [0.3, 0.4) is 0 Å². The quantitative estimate of drug-likeness (QED) is 0.723. The molecule has 24 heavy (non-hydrogen) atoms. The predicted octanol–water partition coefficient (Wildman–Crippen LogP) is 4.72. The van der Waals surface area contributed by atoms with Crippen molar-refractivity contribution < 1.29 is 4.79 Å². The number of urea groups is 1. The number of nitrogens with zero attached hydrogens (tertiary/aromatic N) is 1. The third-order valence-electron chi connectivity index (χ3n) is 3.50. The van der Waals surface area contributed by atoms with Gasteiger partial charge in [-0.1, -0.05) is 41.9 Å². The molecule has 1 aromatic heterocycles. The number of carbonyl (C=O) groups is 1. The molecule has 0 fully saturated rings. The number of pyridine rings is 1. The topological polar surface area (TPSA) is 54.0 Å². The van der Waals surface area contributed by atoms with Gasteiger partial charge in [0.1, 0.15) is 0 Å². The van der Waals surface area contributed by atoms with Gasteiger partial charge in [-0.15, -0.1) is 0 Å². The van der Waals surface area contributed by atoms with E-state index >= 15 is 0 Å². The lowest BCUT2D eigenvalue weighted by molar-refractivity contribution is 0.251. The smallest absolute Gasteiger partial charge is 0.319 e. The van der Waals surface area contributed by atoms with Gasteiger partial charge >= 0.3 is 6.03 Å². The first-order chi connectivity index (χ1) is 11.7. The van der Waals surface area contributed by atoms with Gasteiger partial charge in [-0.2, -0.15) is 0 Å². The van der Waals surface area contributed by atoms with Crippen LogP contribution in [-0.2, 0) is 6.54 Å².